The molecule has 3 amide bonds. The second-order valence-electron chi connectivity index (χ2n) is 11.4. The van der Waals surface area contributed by atoms with Gasteiger partial charge in [0.2, 0.25) is 23.7 Å². The normalized spacial score (nSPS) is 11.0. The first-order chi connectivity index (χ1) is 24.1. The number of anilines is 2. The van der Waals surface area contributed by atoms with Gasteiger partial charge in [0.25, 0.3) is 5.91 Å². The highest BCUT2D eigenvalue weighted by Gasteiger charge is 2.22. The lowest BCUT2D eigenvalue weighted by Crippen LogP contribution is -2.20. The van der Waals surface area contributed by atoms with Crippen molar-refractivity contribution in [2.24, 2.45) is 11.5 Å². The number of methoxy groups -OCH3 is 1. The lowest BCUT2D eigenvalue weighted by Gasteiger charge is -2.13. The molecule has 15 nitrogen and oxygen atoms in total. The Morgan fingerprint density at radius 3 is 2.19 bits per heavy atom. The number of fused-ring (bicyclic) bond motifs is 2. The molecule has 0 unspecified atom stereocenters. The molecule has 6 aromatic rings. The molecule has 7 N–H and O–H groups in total. The first kappa shape index (κ1) is 39.1. The zero-order valence-corrected chi connectivity index (χ0v) is 32.0. The van der Waals surface area contributed by atoms with Gasteiger partial charge in [0.1, 0.15) is 29.3 Å². The average molecular weight is 839 g/mol. The van der Waals surface area contributed by atoms with Crippen LogP contribution in [0.1, 0.15) is 49.4 Å². The maximum absolute atomic E-state index is 13.6. The molecule has 0 spiro atoms. The number of rotatable bonds is 13. The van der Waals surface area contributed by atoms with Crippen molar-refractivity contribution in [1.82, 2.24) is 28.9 Å². The third-order valence-corrected chi connectivity index (χ3v) is 8.11. The van der Waals surface area contributed by atoms with Crippen LogP contribution in [0.4, 0.5) is 11.9 Å². The van der Waals surface area contributed by atoms with E-state index < -0.39 is 17.7 Å². The van der Waals surface area contributed by atoms with Crippen LogP contribution in [-0.2, 0) is 26.2 Å². The highest BCUT2D eigenvalue weighted by molar-refractivity contribution is 8.93. The van der Waals surface area contributed by atoms with Gasteiger partial charge in [-0.1, -0.05) is 24.3 Å². The number of aromatic nitrogens is 6. The van der Waals surface area contributed by atoms with Crippen molar-refractivity contribution in [2.75, 3.05) is 18.2 Å². The van der Waals surface area contributed by atoms with Gasteiger partial charge in [-0.2, -0.15) is 5.10 Å². The van der Waals surface area contributed by atoms with Gasteiger partial charge in [0.15, 0.2) is 0 Å². The number of nitrogens with two attached hydrogens (primary N) is 3. The highest BCUT2D eigenvalue weighted by atomic mass is 79.9. The molecule has 3 aromatic carbocycles. The number of amides is 3. The molecule has 0 fully saturated rings. The minimum atomic E-state index is -0.656. The summed E-state index contributed by atoms with van der Waals surface area (Å²) in [5.41, 5.74) is 22.0. The van der Waals surface area contributed by atoms with Crippen LogP contribution in [0.25, 0.3) is 22.1 Å². The van der Waals surface area contributed by atoms with Gasteiger partial charge in [-0.15, -0.1) is 34.0 Å². The van der Waals surface area contributed by atoms with Crippen molar-refractivity contribution in [2.45, 2.75) is 40.1 Å². The number of ether oxygens (including phenoxy) is 2. The molecular weight excluding hydrogens is 800 g/mol. The van der Waals surface area contributed by atoms with Crippen LogP contribution in [-0.4, -0.2) is 53.7 Å². The van der Waals surface area contributed by atoms with E-state index in [9.17, 15) is 14.4 Å². The monoisotopic (exact) mass is 836 g/mol. The maximum Gasteiger partial charge on any atom is 0.276 e. The van der Waals surface area contributed by atoms with E-state index in [1.807, 2.05) is 50.3 Å². The van der Waals surface area contributed by atoms with Crippen LogP contribution in [0, 0.1) is 6.92 Å². The largest absolute Gasteiger partial charge is 0.497 e. The van der Waals surface area contributed by atoms with Crippen molar-refractivity contribution in [3.05, 3.63) is 101 Å². The molecule has 0 aliphatic carbocycles. The van der Waals surface area contributed by atoms with Crippen LogP contribution in [0.3, 0.4) is 0 Å². The van der Waals surface area contributed by atoms with Crippen LogP contribution < -0.4 is 32.0 Å². The Labute approximate surface area is 319 Å². The van der Waals surface area contributed by atoms with Gasteiger partial charge < -0.3 is 35.8 Å². The van der Waals surface area contributed by atoms with E-state index in [0.29, 0.717) is 58.1 Å². The number of halogens is 2. The fraction of sp³-hybridized carbons (Fsp3) is 0.200. The fourth-order valence-electron chi connectivity index (χ4n) is 5.63. The second-order valence-corrected chi connectivity index (χ2v) is 11.4. The molecule has 0 bridgehead atoms. The Morgan fingerprint density at radius 1 is 0.865 bits per heavy atom. The number of hydrogen-bond acceptors (Lipinski definition) is 9. The number of carbonyl (C=O) groups is 3. The van der Waals surface area contributed by atoms with Crippen LogP contribution in [0.5, 0.6) is 11.5 Å². The lowest BCUT2D eigenvalue weighted by molar-refractivity contribution is 0.0992. The lowest BCUT2D eigenvalue weighted by atomic mass is 10.1. The molecule has 3 aromatic heterocycles. The zero-order valence-electron chi connectivity index (χ0n) is 28.5. The molecule has 6 rings (SSSR count). The van der Waals surface area contributed by atoms with Crippen molar-refractivity contribution >= 4 is 85.6 Å². The Morgan fingerprint density at radius 2 is 1.54 bits per heavy atom. The van der Waals surface area contributed by atoms with E-state index in [-0.39, 0.29) is 64.6 Å². The summed E-state index contributed by atoms with van der Waals surface area (Å²) < 4.78 is 16.7. The number of primary amides is 2. The van der Waals surface area contributed by atoms with Crippen molar-refractivity contribution in [3.63, 3.8) is 0 Å². The zero-order chi connectivity index (χ0) is 35.5. The molecule has 0 aliphatic heterocycles. The smallest absolute Gasteiger partial charge is 0.276 e. The number of nitrogen functional groups attached to an aromatic ring is 1. The molecular formula is C35H38Br2N10O5. The Bertz CT molecular complexity index is 2290. The van der Waals surface area contributed by atoms with E-state index in [4.69, 9.17) is 31.7 Å². The third-order valence-electron chi connectivity index (χ3n) is 8.11. The predicted molar refractivity (Wildman–Crippen MR) is 209 cm³/mol. The summed E-state index contributed by atoms with van der Waals surface area (Å²) in [7, 11) is 1.59. The summed E-state index contributed by atoms with van der Waals surface area (Å²) in [6.45, 7) is 4.97. The summed E-state index contributed by atoms with van der Waals surface area (Å²) in [6.07, 6.45) is 3.78. The van der Waals surface area contributed by atoms with Crippen LogP contribution in [0.2, 0.25) is 0 Å². The SMILES string of the molecule is Br.Br.CCn1nc(C)cc1C(=O)Nc1nc2cc(C(N)=O)cc(OCc3ccc(OC)cc3)c2n1C/C=C/Cn1c(N)nc2cc(C(N)=O)ccc21. The van der Waals surface area contributed by atoms with Gasteiger partial charge in [-0.25, -0.2) is 9.97 Å². The number of nitrogens with zero attached hydrogens (tertiary/aromatic N) is 6. The van der Waals surface area contributed by atoms with E-state index in [2.05, 4.69) is 15.4 Å². The average Bonchev–Trinajstić information content (AvgIpc) is 3.76. The fourth-order valence-corrected chi connectivity index (χ4v) is 5.63. The quantitative estimate of drug-likeness (QED) is 0.116. The molecule has 0 saturated heterocycles. The van der Waals surface area contributed by atoms with Gasteiger partial charge in [0, 0.05) is 30.8 Å². The second kappa shape index (κ2) is 16.6. The van der Waals surface area contributed by atoms with Crippen LogP contribution >= 0.6 is 34.0 Å². The number of carbonyl (C=O) groups excluding carboxylic acids is 3. The Kier molecular flexibility index (Phi) is 12.5. The number of imidazole rings is 2. The maximum atomic E-state index is 13.6. The molecule has 52 heavy (non-hydrogen) atoms. The van der Waals surface area contributed by atoms with E-state index >= 15 is 0 Å². The standard InChI is InChI=1S/C35H36N10O5.2BrH/c1-4-45-28(15-20(2)42-45)33(48)41-35-40-26-17-23(32(37)47)18-29(50-19-21-7-10-24(49-3)11-8-21)30(26)44(35)14-6-5-13-43-27-12-9-22(31(36)46)16-25(27)39-34(43)38;;/h5-12,15-18H,4,13-14,19H2,1-3H3,(H2,36,46)(H2,37,47)(H2,38,39)(H,40,41,48);2*1H/b6-5+;;. The topological polar surface area (TPSA) is 213 Å². The highest BCUT2D eigenvalue weighted by Crippen LogP contribution is 2.32. The van der Waals surface area contributed by atoms with E-state index in [1.54, 1.807) is 57.3 Å². The number of aryl methyl sites for hydroxylation is 2. The minimum Gasteiger partial charge on any atom is -0.497 e. The molecule has 17 heteroatoms. The van der Waals surface area contributed by atoms with E-state index in [0.717, 1.165) is 11.1 Å². The summed E-state index contributed by atoms with van der Waals surface area (Å²) >= 11 is 0. The number of hydrogen-bond donors (Lipinski definition) is 4. The predicted octanol–water partition coefficient (Wildman–Crippen LogP) is 4.94. The molecule has 0 saturated carbocycles. The number of allylic oxidation sites excluding steroid dienone is 2. The van der Waals surface area contributed by atoms with E-state index in [1.165, 1.54) is 0 Å². The first-order valence-corrected chi connectivity index (χ1v) is 15.7. The molecule has 3 heterocycles. The Balaban J connectivity index is 0.00000302. The van der Waals surface area contributed by atoms with Crippen molar-refractivity contribution < 1.29 is 23.9 Å². The van der Waals surface area contributed by atoms with Gasteiger partial charge in [0.05, 0.1) is 29.4 Å². The summed E-state index contributed by atoms with van der Waals surface area (Å²) in [5.74, 6) is -0.0778. The molecule has 0 radical (unpaired) electrons. The van der Waals surface area contributed by atoms with Gasteiger partial charge in [-0.05, 0) is 67.9 Å². The van der Waals surface area contributed by atoms with Crippen molar-refractivity contribution in [3.8, 4) is 11.5 Å². The van der Waals surface area contributed by atoms with Crippen molar-refractivity contribution in [1.29, 1.82) is 0 Å². The van der Waals surface area contributed by atoms with Gasteiger partial charge >= 0.3 is 0 Å². The number of nitrogens with one attached hydrogen (secondary N) is 1. The third kappa shape index (κ3) is 8.10. The number of benzene rings is 3. The molecule has 0 aliphatic rings. The van der Waals surface area contributed by atoms with Gasteiger partial charge in [-0.3, -0.25) is 24.4 Å². The Hall–Kier alpha value is -5.68. The first-order valence-electron chi connectivity index (χ1n) is 15.7. The van der Waals surface area contributed by atoms with Crippen LogP contribution in [0.15, 0.2) is 72.8 Å². The molecule has 272 valence electrons. The molecule has 0 atom stereocenters. The summed E-state index contributed by atoms with van der Waals surface area (Å²) in [6, 6.07) is 17.2. The minimum absolute atomic E-state index is 0. The summed E-state index contributed by atoms with van der Waals surface area (Å²) in [4.78, 5) is 46.6. The summed E-state index contributed by atoms with van der Waals surface area (Å²) in [5, 5.41) is 7.32.